The lowest BCUT2D eigenvalue weighted by Gasteiger charge is -2.28. The third-order valence-corrected chi connectivity index (χ3v) is 3.17. The van der Waals surface area contributed by atoms with Crippen LogP contribution < -0.4 is 0 Å². The molecule has 5 nitrogen and oxygen atoms in total. The summed E-state index contributed by atoms with van der Waals surface area (Å²) < 4.78 is 0. The van der Waals surface area contributed by atoms with E-state index >= 15 is 0 Å². The Bertz CT molecular complexity index is 400. The Labute approximate surface area is 100 Å². The maximum Gasteiger partial charge on any atom is 0.311 e. The molecule has 0 spiro atoms. The average molecular weight is 235 g/mol. The molecule has 1 aromatic heterocycles. The van der Waals surface area contributed by atoms with Gasteiger partial charge in [-0.1, -0.05) is 0 Å². The van der Waals surface area contributed by atoms with Gasteiger partial charge in [0.05, 0.1) is 0 Å². The van der Waals surface area contributed by atoms with Crippen molar-refractivity contribution in [2.45, 2.75) is 25.2 Å². The number of hydrogen-bond donors (Lipinski definition) is 1. The maximum absolute atomic E-state index is 10.6. The predicted molar refractivity (Wildman–Crippen MR) is 62.8 cm³/mol. The summed E-state index contributed by atoms with van der Waals surface area (Å²) in [6.45, 7) is 2.14. The second-order valence-electron chi connectivity index (χ2n) is 4.55. The van der Waals surface area contributed by atoms with Crippen molar-refractivity contribution in [3.8, 4) is 0 Å². The Morgan fingerprint density at radius 3 is 2.88 bits per heavy atom. The molecule has 1 fully saturated rings. The number of aromatic nitrogens is 2. The number of piperidine rings is 1. The summed E-state index contributed by atoms with van der Waals surface area (Å²) in [5.41, 5.74) is 0.990. The third-order valence-electron chi connectivity index (χ3n) is 3.17. The number of hydrogen-bond acceptors (Lipinski definition) is 4. The summed E-state index contributed by atoms with van der Waals surface area (Å²) >= 11 is 0. The number of likely N-dealkylation sites (tertiary alicyclic amines) is 1. The van der Waals surface area contributed by atoms with Crippen molar-refractivity contribution < 1.29 is 9.90 Å². The van der Waals surface area contributed by atoms with Gasteiger partial charge in [-0.15, -0.1) is 0 Å². The second kappa shape index (κ2) is 5.23. The number of carboxylic acid groups (broad SMARTS) is 1. The molecule has 17 heavy (non-hydrogen) atoms. The first-order valence-electron chi connectivity index (χ1n) is 5.87. The van der Waals surface area contributed by atoms with Gasteiger partial charge in [0, 0.05) is 17.8 Å². The van der Waals surface area contributed by atoms with E-state index in [0.29, 0.717) is 11.7 Å². The summed E-state index contributed by atoms with van der Waals surface area (Å²) in [6.07, 6.45) is 3.74. The third kappa shape index (κ3) is 3.23. The lowest BCUT2D eigenvalue weighted by molar-refractivity contribution is -0.136. The van der Waals surface area contributed by atoms with Crippen molar-refractivity contribution in [1.29, 1.82) is 0 Å². The highest BCUT2D eigenvalue weighted by molar-refractivity contribution is 5.68. The molecule has 1 aromatic rings. The Balaban J connectivity index is 2.07. The van der Waals surface area contributed by atoms with E-state index in [9.17, 15) is 4.79 Å². The molecule has 0 amide bonds. The smallest absolute Gasteiger partial charge is 0.311 e. The molecule has 92 valence electrons. The zero-order valence-corrected chi connectivity index (χ0v) is 9.96. The quantitative estimate of drug-likeness (QED) is 0.843. The van der Waals surface area contributed by atoms with E-state index in [2.05, 4.69) is 21.9 Å². The van der Waals surface area contributed by atoms with Crippen LogP contribution in [0.3, 0.4) is 0 Å². The largest absolute Gasteiger partial charge is 0.481 e. The zero-order valence-electron chi connectivity index (χ0n) is 9.96. The standard InChI is InChI=1S/C12H17N3O2/c1-15-6-3-9(4-7-15)10-2-5-13-11(14-10)8-12(16)17/h2,5,9H,3-4,6-8H2,1H3,(H,16,17). The molecule has 2 rings (SSSR count). The normalized spacial score (nSPS) is 18.2. The fraction of sp³-hybridized carbons (Fsp3) is 0.583. The van der Waals surface area contributed by atoms with Crippen molar-refractivity contribution in [2.24, 2.45) is 0 Å². The summed E-state index contributed by atoms with van der Waals surface area (Å²) in [7, 11) is 2.12. The molecule has 0 bridgehead atoms. The van der Waals surface area contributed by atoms with E-state index in [4.69, 9.17) is 5.11 Å². The molecule has 0 aromatic carbocycles. The SMILES string of the molecule is CN1CCC(c2ccnc(CC(=O)O)n2)CC1. The van der Waals surface area contributed by atoms with Crippen molar-refractivity contribution in [3.05, 3.63) is 23.8 Å². The van der Waals surface area contributed by atoms with Crippen LogP contribution in [0, 0.1) is 0 Å². The van der Waals surface area contributed by atoms with Crippen LogP contribution in [0.5, 0.6) is 0 Å². The lowest BCUT2D eigenvalue weighted by Crippen LogP contribution is -2.29. The van der Waals surface area contributed by atoms with Crippen LogP contribution in [0.1, 0.15) is 30.3 Å². The Morgan fingerprint density at radius 2 is 2.24 bits per heavy atom. The number of carboxylic acids is 1. The first-order chi connectivity index (χ1) is 8.15. The molecule has 2 heterocycles. The van der Waals surface area contributed by atoms with Crippen molar-refractivity contribution in [2.75, 3.05) is 20.1 Å². The first kappa shape index (κ1) is 12.0. The van der Waals surface area contributed by atoms with Crippen LogP contribution in [-0.2, 0) is 11.2 Å². The fourth-order valence-electron chi connectivity index (χ4n) is 2.17. The van der Waals surface area contributed by atoms with Crippen LogP contribution in [0.15, 0.2) is 12.3 Å². The summed E-state index contributed by atoms with van der Waals surface area (Å²) in [5.74, 6) is -0.0267. The van der Waals surface area contributed by atoms with E-state index in [0.717, 1.165) is 31.6 Å². The highest BCUT2D eigenvalue weighted by Crippen LogP contribution is 2.25. The Morgan fingerprint density at radius 1 is 1.53 bits per heavy atom. The molecular weight excluding hydrogens is 218 g/mol. The van der Waals surface area contributed by atoms with Gasteiger partial charge in [0.2, 0.25) is 0 Å². The van der Waals surface area contributed by atoms with E-state index in [1.807, 2.05) is 6.07 Å². The molecule has 1 aliphatic heterocycles. The monoisotopic (exact) mass is 235 g/mol. The van der Waals surface area contributed by atoms with Gasteiger partial charge in [-0.25, -0.2) is 9.97 Å². The molecule has 0 unspecified atom stereocenters. The summed E-state index contributed by atoms with van der Waals surface area (Å²) in [4.78, 5) is 21.3. The van der Waals surface area contributed by atoms with Crippen LogP contribution >= 0.6 is 0 Å². The van der Waals surface area contributed by atoms with Crippen LogP contribution in [-0.4, -0.2) is 46.1 Å². The van der Waals surface area contributed by atoms with Gasteiger partial charge in [0.1, 0.15) is 12.2 Å². The van der Waals surface area contributed by atoms with Gasteiger partial charge >= 0.3 is 5.97 Å². The minimum absolute atomic E-state index is 0.0968. The molecule has 5 heteroatoms. The predicted octanol–water partition coefficient (Wildman–Crippen LogP) is 0.913. The van der Waals surface area contributed by atoms with Crippen molar-refractivity contribution in [3.63, 3.8) is 0 Å². The Hall–Kier alpha value is -1.49. The van der Waals surface area contributed by atoms with E-state index in [1.54, 1.807) is 6.20 Å². The molecule has 0 aliphatic carbocycles. The molecule has 1 saturated heterocycles. The van der Waals surface area contributed by atoms with Gasteiger partial charge in [-0.05, 0) is 39.0 Å². The molecule has 0 atom stereocenters. The van der Waals surface area contributed by atoms with Crippen molar-refractivity contribution >= 4 is 5.97 Å². The lowest BCUT2D eigenvalue weighted by atomic mass is 9.93. The fourth-order valence-corrected chi connectivity index (χ4v) is 2.17. The van der Waals surface area contributed by atoms with Crippen molar-refractivity contribution in [1.82, 2.24) is 14.9 Å². The second-order valence-corrected chi connectivity index (χ2v) is 4.55. The molecule has 0 saturated carbocycles. The number of carbonyl (C=O) groups is 1. The average Bonchev–Trinajstić information content (AvgIpc) is 2.29. The van der Waals surface area contributed by atoms with E-state index < -0.39 is 5.97 Å². The number of nitrogens with zero attached hydrogens (tertiary/aromatic N) is 3. The highest BCUT2D eigenvalue weighted by Gasteiger charge is 2.20. The molecule has 0 radical (unpaired) electrons. The van der Waals surface area contributed by atoms with Crippen LogP contribution in [0.2, 0.25) is 0 Å². The molecule has 1 aliphatic rings. The van der Waals surface area contributed by atoms with E-state index in [-0.39, 0.29) is 6.42 Å². The maximum atomic E-state index is 10.6. The van der Waals surface area contributed by atoms with Gasteiger partial charge < -0.3 is 10.0 Å². The zero-order chi connectivity index (χ0) is 12.3. The molecule has 1 N–H and O–H groups in total. The topological polar surface area (TPSA) is 66.3 Å². The van der Waals surface area contributed by atoms with Crippen LogP contribution in [0.25, 0.3) is 0 Å². The van der Waals surface area contributed by atoms with Gasteiger partial charge in [0.25, 0.3) is 0 Å². The number of rotatable bonds is 3. The summed E-state index contributed by atoms with van der Waals surface area (Å²) in [5, 5.41) is 8.72. The van der Waals surface area contributed by atoms with E-state index in [1.165, 1.54) is 0 Å². The highest BCUT2D eigenvalue weighted by atomic mass is 16.4. The number of aliphatic carboxylic acids is 1. The minimum atomic E-state index is -0.884. The molecular formula is C12H17N3O2. The minimum Gasteiger partial charge on any atom is -0.481 e. The van der Waals surface area contributed by atoms with Gasteiger partial charge in [-0.2, -0.15) is 0 Å². The van der Waals surface area contributed by atoms with Gasteiger partial charge in [0.15, 0.2) is 0 Å². The summed E-state index contributed by atoms with van der Waals surface area (Å²) in [6, 6.07) is 1.90. The Kier molecular flexibility index (Phi) is 3.68. The van der Waals surface area contributed by atoms with Gasteiger partial charge in [-0.3, -0.25) is 4.79 Å². The van der Waals surface area contributed by atoms with Crippen LogP contribution in [0.4, 0.5) is 0 Å². The first-order valence-corrected chi connectivity index (χ1v) is 5.87.